The van der Waals surface area contributed by atoms with Crippen molar-refractivity contribution in [2.24, 2.45) is 0 Å². The van der Waals surface area contributed by atoms with Gasteiger partial charge in [0.2, 0.25) is 0 Å². The SMILES string of the molecule is c1cc2sc(-c3cnc(CCNC4CC4)o3)cc2s1. The summed E-state index contributed by atoms with van der Waals surface area (Å²) in [7, 11) is 0. The largest absolute Gasteiger partial charge is 0.440 e. The predicted octanol–water partition coefficient (Wildman–Crippen LogP) is 3.91. The average Bonchev–Trinajstić information content (AvgIpc) is 2.80. The van der Waals surface area contributed by atoms with Crippen LogP contribution in [0.5, 0.6) is 0 Å². The Morgan fingerprint density at radius 2 is 2.32 bits per heavy atom. The smallest absolute Gasteiger partial charge is 0.196 e. The third kappa shape index (κ3) is 2.45. The van der Waals surface area contributed by atoms with Gasteiger partial charge >= 0.3 is 0 Å². The Morgan fingerprint density at radius 3 is 3.16 bits per heavy atom. The molecule has 1 aliphatic carbocycles. The molecule has 4 rings (SSSR count). The third-order valence-electron chi connectivity index (χ3n) is 3.29. The summed E-state index contributed by atoms with van der Waals surface area (Å²) in [6, 6.07) is 5.10. The van der Waals surface area contributed by atoms with Gasteiger partial charge in [-0.15, -0.1) is 22.7 Å². The normalized spacial score (nSPS) is 15.4. The molecule has 0 unspecified atom stereocenters. The number of hydrogen-bond donors (Lipinski definition) is 1. The van der Waals surface area contributed by atoms with Crippen LogP contribution in [0.15, 0.2) is 28.1 Å². The zero-order valence-corrected chi connectivity index (χ0v) is 12.0. The molecule has 19 heavy (non-hydrogen) atoms. The van der Waals surface area contributed by atoms with Gasteiger partial charge < -0.3 is 9.73 Å². The molecular formula is C14H14N2OS2. The Morgan fingerprint density at radius 1 is 1.37 bits per heavy atom. The van der Waals surface area contributed by atoms with E-state index < -0.39 is 0 Å². The molecule has 0 aliphatic heterocycles. The third-order valence-corrected chi connectivity index (χ3v) is 5.39. The first-order valence-electron chi connectivity index (χ1n) is 6.54. The van der Waals surface area contributed by atoms with E-state index in [1.54, 1.807) is 22.7 Å². The highest BCUT2D eigenvalue weighted by Crippen LogP contribution is 2.36. The molecule has 1 N–H and O–H groups in total. The van der Waals surface area contributed by atoms with Crippen molar-refractivity contribution in [1.29, 1.82) is 0 Å². The lowest BCUT2D eigenvalue weighted by molar-refractivity contribution is 0.495. The van der Waals surface area contributed by atoms with Crippen LogP contribution >= 0.6 is 22.7 Å². The van der Waals surface area contributed by atoms with Crippen LogP contribution in [-0.2, 0) is 6.42 Å². The zero-order valence-electron chi connectivity index (χ0n) is 10.4. The monoisotopic (exact) mass is 290 g/mol. The summed E-state index contributed by atoms with van der Waals surface area (Å²) in [6.07, 6.45) is 5.36. The summed E-state index contributed by atoms with van der Waals surface area (Å²) in [5, 5.41) is 5.60. The summed E-state index contributed by atoms with van der Waals surface area (Å²) in [5.41, 5.74) is 0. The predicted molar refractivity (Wildman–Crippen MR) is 79.9 cm³/mol. The first kappa shape index (κ1) is 11.6. The molecule has 0 radical (unpaired) electrons. The number of nitrogens with zero attached hydrogens (tertiary/aromatic N) is 1. The Kier molecular flexibility index (Phi) is 2.90. The molecule has 0 amide bonds. The molecule has 1 saturated carbocycles. The number of thiophene rings is 2. The standard InChI is InChI=1S/C14H14N2OS2/c1-2-9(1)15-5-3-14-16-8-10(17-14)12-7-13-11(19-12)4-6-18-13/h4,6-9,15H,1-3,5H2. The van der Waals surface area contributed by atoms with Crippen LogP contribution < -0.4 is 5.32 Å². The molecular weight excluding hydrogens is 276 g/mol. The molecule has 1 aliphatic rings. The van der Waals surface area contributed by atoms with Crippen molar-refractivity contribution in [2.45, 2.75) is 25.3 Å². The molecule has 0 spiro atoms. The van der Waals surface area contributed by atoms with Crippen molar-refractivity contribution in [3.8, 4) is 10.6 Å². The summed E-state index contributed by atoms with van der Waals surface area (Å²) < 4.78 is 8.49. The van der Waals surface area contributed by atoms with Gasteiger partial charge in [-0.3, -0.25) is 0 Å². The van der Waals surface area contributed by atoms with Crippen LogP contribution in [0.4, 0.5) is 0 Å². The molecule has 1 fully saturated rings. The molecule has 0 saturated heterocycles. The number of fused-ring (bicyclic) bond motifs is 1. The van der Waals surface area contributed by atoms with Crippen molar-refractivity contribution < 1.29 is 4.42 Å². The first-order valence-corrected chi connectivity index (χ1v) is 8.23. The van der Waals surface area contributed by atoms with Crippen LogP contribution in [0, 0.1) is 0 Å². The molecule has 3 nitrogen and oxygen atoms in total. The van der Waals surface area contributed by atoms with Crippen molar-refractivity contribution in [1.82, 2.24) is 10.3 Å². The van der Waals surface area contributed by atoms with Gasteiger partial charge in [-0.2, -0.15) is 0 Å². The van der Waals surface area contributed by atoms with Crippen LogP contribution in [-0.4, -0.2) is 17.6 Å². The van der Waals surface area contributed by atoms with Gasteiger partial charge in [0.15, 0.2) is 11.7 Å². The number of oxazole rings is 1. The van der Waals surface area contributed by atoms with E-state index in [-0.39, 0.29) is 0 Å². The minimum Gasteiger partial charge on any atom is -0.440 e. The lowest BCUT2D eigenvalue weighted by atomic mass is 10.4. The fourth-order valence-electron chi connectivity index (χ4n) is 2.10. The molecule has 3 heterocycles. The van der Waals surface area contributed by atoms with E-state index in [0.29, 0.717) is 0 Å². The number of rotatable bonds is 5. The van der Waals surface area contributed by atoms with Gasteiger partial charge in [-0.05, 0) is 30.4 Å². The van der Waals surface area contributed by atoms with Gasteiger partial charge in [-0.1, -0.05) is 0 Å². The maximum absolute atomic E-state index is 5.83. The van der Waals surface area contributed by atoms with Crippen LogP contribution in [0.2, 0.25) is 0 Å². The molecule has 3 aromatic heterocycles. The Bertz CT molecular complexity index is 665. The molecule has 0 aromatic carbocycles. The van der Waals surface area contributed by atoms with Crippen molar-refractivity contribution in [2.75, 3.05) is 6.54 Å². The molecule has 0 atom stereocenters. The van der Waals surface area contributed by atoms with Crippen molar-refractivity contribution >= 4 is 32.1 Å². The van der Waals surface area contributed by atoms with E-state index >= 15 is 0 Å². The summed E-state index contributed by atoms with van der Waals surface area (Å²) in [4.78, 5) is 5.54. The highest BCUT2D eigenvalue weighted by molar-refractivity contribution is 7.28. The average molecular weight is 290 g/mol. The Balaban J connectivity index is 1.48. The molecule has 5 heteroatoms. The lowest BCUT2D eigenvalue weighted by Crippen LogP contribution is -2.19. The fraction of sp³-hybridized carbons (Fsp3) is 0.357. The first-order chi connectivity index (χ1) is 9.38. The summed E-state index contributed by atoms with van der Waals surface area (Å²) in [5.74, 6) is 1.73. The molecule has 98 valence electrons. The highest BCUT2D eigenvalue weighted by atomic mass is 32.1. The summed E-state index contributed by atoms with van der Waals surface area (Å²) >= 11 is 3.54. The second-order valence-corrected chi connectivity index (χ2v) is 6.89. The Labute approximate surface area is 119 Å². The summed E-state index contributed by atoms with van der Waals surface area (Å²) in [6.45, 7) is 0.962. The van der Waals surface area contributed by atoms with Crippen LogP contribution in [0.3, 0.4) is 0 Å². The van der Waals surface area contributed by atoms with E-state index in [4.69, 9.17) is 4.42 Å². The van der Waals surface area contributed by atoms with Crippen LogP contribution in [0.25, 0.3) is 20.0 Å². The van der Waals surface area contributed by atoms with E-state index in [1.165, 1.54) is 27.1 Å². The van der Waals surface area contributed by atoms with Gasteiger partial charge in [-0.25, -0.2) is 4.98 Å². The number of hydrogen-bond acceptors (Lipinski definition) is 5. The highest BCUT2D eigenvalue weighted by Gasteiger charge is 2.20. The van der Waals surface area contributed by atoms with Gasteiger partial charge in [0, 0.05) is 28.4 Å². The Hall–Kier alpha value is -1.17. The number of aromatic nitrogens is 1. The second-order valence-electron chi connectivity index (χ2n) is 4.86. The maximum Gasteiger partial charge on any atom is 0.196 e. The van der Waals surface area contributed by atoms with Gasteiger partial charge in [0.1, 0.15) is 0 Å². The van der Waals surface area contributed by atoms with Crippen LogP contribution in [0.1, 0.15) is 18.7 Å². The topological polar surface area (TPSA) is 38.1 Å². The van der Waals surface area contributed by atoms with Gasteiger partial charge in [0.05, 0.1) is 11.1 Å². The van der Waals surface area contributed by atoms with E-state index in [9.17, 15) is 0 Å². The lowest BCUT2D eigenvalue weighted by Gasteiger charge is -1.98. The molecule has 0 bridgehead atoms. The van der Waals surface area contributed by atoms with Crippen molar-refractivity contribution in [3.05, 3.63) is 29.6 Å². The minimum absolute atomic E-state index is 0.749. The second kappa shape index (κ2) is 4.74. The van der Waals surface area contributed by atoms with E-state index in [2.05, 4.69) is 27.8 Å². The number of nitrogens with one attached hydrogen (secondary N) is 1. The maximum atomic E-state index is 5.83. The zero-order chi connectivity index (χ0) is 12.7. The van der Waals surface area contributed by atoms with Gasteiger partial charge in [0.25, 0.3) is 0 Å². The van der Waals surface area contributed by atoms with E-state index in [1.807, 2.05) is 6.20 Å². The van der Waals surface area contributed by atoms with Crippen molar-refractivity contribution in [3.63, 3.8) is 0 Å². The minimum atomic E-state index is 0.749. The quantitative estimate of drug-likeness (QED) is 0.774. The molecule has 3 aromatic rings. The van der Waals surface area contributed by atoms with E-state index in [0.717, 1.165) is 30.7 Å². The fourth-order valence-corrected chi connectivity index (χ4v) is 4.15.